The molecule has 2 aromatic rings. The molecule has 0 aromatic heterocycles. The van der Waals surface area contributed by atoms with E-state index >= 15 is 0 Å². The van der Waals surface area contributed by atoms with Gasteiger partial charge in [-0.15, -0.1) is 0 Å². The molecule has 0 amide bonds. The van der Waals surface area contributed by atoms with E-state index in [1.807, 2.05) is 37.3 Å². The van der Waals surface area contributed by atoms with Crippen molar-refractivity contribution in [2.45, 2.75) is 6.92 Å². The molecule has 0 heterocycles. The van der Waals surface area contributed by atoms with E-state index in [1.54, 1.807) is 12.1 Å². The van der Waals surface area contributed by atoms with Crippen LogP contribution in [-0.2, 0) is 0 Å². The molecule has 0 aliphatic heterocycles. The topological polar surface area (TPSA) is 35.8 Å². The number of nitrogens with zero attached hydrogens (tertiary/aromatic N) is 1. The van der Waals surface area contributed by atoms with Crippen LogP contribution in [0.2, 0.25) is 5.02 Å². The Morgan fingerprint density at radius 3 is 2.59 bits per heavy atom. The second kappa shape index (κ2) is 4.90. The smallest absolute Gasteiger partial charge is 0.101 e. The molecule has 0 saturated heterocycles. The summed E-state index contributed by atoms with van der Waals surface area (Å²) in [5.41, 5.74) is 3.43. The Kier molecular flexibility index (Phi) is 3.32. The van der Waals surface area contributed by atoms with Crippen molar-refractivity contribution in [1.82, 2.24) is 0 Å². The highest BCUT2D eigenvalue weighted by molar-refractivity contribution is 6.30. The maximum Gasteiger partial charge on any atom is 0.101 e. The van der Waals surface area contributed by atoms with Crippen molar-refractivity contribution in [3.8, 4) is 6.07 Å². The summed E-state index contributed by atoms with van der Waals surface area (Å²) in [6.45, 7) is 2.02. The van der Waals surface area contributed by atoms with E-state index in [0.717, 1.165) is 16.9 Å². The van der Waals surface area contributed by atoms with Crippen LogP contribution in [0.3, 0.4) is 0 Å². The summed E-state index contributed by atoms with van der Waals surface area (Å²) in [6.07, 6.45) is 0. The van der Waals surface area contributed by atoms with Crippen LogP contribution >= 0.6 is 11.6 Å². The number of halogens is 1. The van der Waals surface area contributed by atoms with Crippen molar-refractivity contribution in [2.24, 2.45) is 0 Å². The number of rotatable bonds is 2. The normalized spacial score (nSPS) is 9.71. The highest BCUT2D eigenvalue weighted by atomic mass is 35.5. The standard InChI is InChI=1S/C14H11ClN2/c1-10-4-2-3-5-13(10)17-14-7-6-12(15)8-11(14)9-16/h2-8,17H,1H3. The molecule has 0 spiro atoms. The molecule has 0 radical (unpaired) electrons. The molecule has 2 aromatic carbocycles. The Bertz CT molecular complexity index is 585. The molecular weight excluding hydrogens is 232 g/mol. The molecule has 0 aliphatic carbocycles. The number of hydrogen-bond donors (Lipinski definition) is 1. The van der Waals surface area contributed by atoms with Gasteiger partial charge in [-0.1, -0.05) is 29.8 Å². The van der Waals surface area contributed by atoms with Crippen LogP contribution in [0.15, 0.2) is 42.5 Å². The summed E-state index contributed by atoms with van der Waals surface area (Å²) in [4.78, 5) is 0. The monoisotopic (exact) mass is 242 g/mol. The zero-order chi connectivity index (χ0) is 12.3. The van der Waals surface area contributed by atoms with E-state index in [0.29, 0.717) is 10.6 Å². The molecule has 0 unspecified atom stereocenters. The fraction of sp³-hybridized carbons (Fsp3) is 0.0714. The third kappa shape index (κ3) is 2.58. The second-order valence-electron chi connectivity index (χ2n) is 3.74. The molecule has 0 aliphatic rings. The summed E-state index contributed by atoms with van der Waals surface area (Å²) in [7, 11) is 0. The Balaban J connectivity index is 2.37. The average Bonchev–Trinajstić information content (AvgIpc) is 2.34. The minimum Gasteiger partial charge on any atom is -0.354 e. The van der Waals surface area contributed by atoms with Crippen molar-refractivity contribution in [1.29, 1.82) is 5.26 Å². The van der Waals surface area contributed by atoms with Gasteiger partial charge in [-0.2, -0.15) is 5.26 Å². The third-order valence-corrected chi connectivity index (χ3v) is 2.75. The average molecular weight is 243 g/mol. The number of benzene rings is 2. The van der Waals surface area contributed by atoms with E-state index in [9.17, 15) is 0 Å². The van der Waals surface area contributed by atoms with Gasteiger partial charge in [0.2, 0.25) is 0 Å². The lowest BCUT2D eigenvalue weighted by molar-refractivity contribution is 1.41. The van der Waals surface area contributed by atoms with E-state index in [4.69, 9.17) is 16.9 Å². The van der Waals surface area contributed by atoms with E-state index in [-0.39, 0.29) is 0 Å². The number of aryl methyl sites for hydroxylation is 1. The summed E-state index contributed by atoms with van der Waals surface area (Å²) in [5, 5.41) is 12.8. The number of hydrogen-bond acceptors (Lipinski definition) is 2. The van der Waals surface area contributed by atoms with Gasteiger partial charge in [0.05, 0.1) is 11.3 Å². The van der Waals surface area contributed by atoms with Crippen LogP contribution in [-0.4, -0.2) is 0 Å². The largest absolute Gasteiger partial charge is 0.354 e. The van der Waals surface area contributed by atoms with Crippen LogP contribution in [0.4, 0.5) is 11.4 Å². The predicted octanol–water partition coefficient (Wildman–Crippen LogP) is 4.26. The van der Waals surface area contributed by atoms with Crippen LogP contribution < -0.4 is 5.32 Å². The zero-order valence-corrected chi connectivity index (χ0v) is 10.1. The quantitative estimate of drug-likeness (QED) is 0.854. The second-order valence-corrected chi connectivity index (χ2v) is 4.18. The fourth-order valence-corrected chi connectivity index (χ4v) is 1.75. The highest BCUT2D eigenvalue weighted by Gasteiger charge is 2.04. The van der Waals surface area contributed by atoms with Gasteiger partial charge < -0.3 is 5.32 Å². The van der Waals surface area contributed by atoms with E-state index < -0.39 is 0 Å². The summed E-state index contributed by atoms with van der Waals surface area (Å²) < 4.78 is 0. The zero-order valence-electron chi connectivity index (χ0n) is 9.37. The Hall–Kier alpha value is -1.98. The Morgan fingerprint density at radius 2 is 1.88 bits per heavy atom. The molecular formula is C14H11ClN2. The first-order valence-corrected chi connectivity index (χ1v) is 5.61. The molecule has 17 heavy (non-hydrogen) atoms. The molecule has 3 heteroatoms. The van der Waals surface area contributed by atoms with Gasteiger partial charge in [0.15, 0.2) is 0 Å². The van der Waals surface area contributed by atoms with Crippen molar-refractivity contribution in [3.63, 3.8) is 0 Å². The van der Waals surface area contributed by atoms with Crippen molar-refractivity contribution in [2.75, 3.05) is 5.32 Å². The molecule has 1 N–H and O–H groups in total. The van der Waals surface area contributed by atoms with Crippen LogP contribution in [0.1, 0.15) is 11.1 Å². The van der Waals surface area contributed by atoms with Crippen LogP contribution in [0, 0.1) is 18.3 Å². The Morgan fingerprint density at radius 1 is 1.12 bits per heavy atom. The maximum atomic E-state index is 9.04. The van der Waals surface area contributed by atoms with Gasteiger partial charge in [0.1, 0.15) is 6.07 Å². The van der Waals surface area contributed by atoms with Crippen molar-refractivity contribution < 1.29 is 0 Å². The summed E-state index contributed by atoms with van der Waals surface area (Å²) in [6, 6.07) is 15.3. The summed E-state index contributed by atoms with van der Waals surface area (Å²) >= 11 is 5.85. The molecule has 0 atom stereocenters. The molecule has 2 rings (SSSR count). The molecule has 0 fully saturated rings. The van der Waals surface area contributed by atoms with Gasteiger partial charge in [0.25, 0.3) is 0 Å². The van der Waals surface area contributed by atoms with Gasteiger partial charge >= 0.3 is 0 Å². The van der Waals surface area contributed by atoms with Gasteiger partial charge in [0, 0.05) is 10.7 Å². The lowest BCUT2D eigenvalue weighted by Gasteiger charge is -2.10. The maximum absolute atomic E-state index is 9.04. The highest BCUT2D eigenvalue weighted by Crippen LogP contribution is 2.25. The van der Waals surface area contributed by atoms with Gasteiger partial charge in [-0.3, -0.25) is 0 Å². The lowest BCUT2D eigenvalue weighted by atomic mass is 10.1. The minimum atomic E-state index is 0.542. The molecule has 0 saturated carbocycles. The van der Waals surface area contributed by atoms with Gasteiger partial charge in [-0.05, 0) is 36.8 Å². The molecule has 84 valence electrons. The SMILES string of the molecule is Cc1ccccc1Nc1ccc(Cl)cc1C#N. The molecule has 2 nitrogen and oxygen atoms in total. The Labute approximate surface area is 105 Å². The number of anilines is 2. The van der Waals surface area contributed by atoms with Gasteiger partial charge in [-0.25, -0.2) is 0 Å². The predicted molar refractivity (Wildman–Crippen MR) is 70.6 cm³/mol. The van der Waals surface area contributed by atoms with Crippen LogP contribution in [0.25, 0.3) is 0 Å². The van der Waals surface area contributed by atoms with E-state index in [2.05, 4.69) is 11.4 Å². The summed E-state index contributed by atoms with van der Waals surface area (Å²) in [5.74, 6) is 0. The minimum absolute atomic E-state index is 0.542. The van der Waals surface area contributed by atoms with Crippen molar-refractivity contribution >= 4 is 23.0 Å². The lowest BCUT2D eigenvalue weighted by Crippen LogP contribution is -1.95. The molecule has 0 bridgehead atoms. The third-order valence-electron chi connectivity index (χ3n) is 2.52. The fourth-order valence-electron chi connectivity index (χ4n) is 1.58. The first-order chi connectivity index (χ1) is 8.20. The van der Waals surface area contributed by atoms with Crippen LogP contribution in [0.5, 0.6) is 0 Å². The number of para-hydroxylation sites is 1. The van der Waals surface area contributed by atoms with Crippen molar-refractivity contribution in [3.05, 3.63) is 58.6 Å². The van der Waals surface area contributed by atoms with E-state index in [1.165, 1.54) is 0 Å². The first-order valence-electron chi connectivity index (χ1n) is 5.23. The first kappa shape index (κ1) is 11.5. The number of nitriles is 1. The number of nitrogens with one attached hydrogen (secondary N) is 1.